The Hall–Kier alpha value is -2.36. The molecule has 1 saturated heterocycles. The van der Waals surface area contributed by atoms with Crippen LogP contribution in [0.5, 0.6) is 5.75 Å². The van der Waals surface area contributed by atoms with Crippen LogP contribution in [0.2, 0.25) is 0 Å². The van der Waals surface area contributed by atoms with Crippen LogP contribution in [-0.4, -0.2) is 49.0 Å². The summed E-state index contributed by atoms with van der Waals surface area (Å²) in [5.74, 6) is 0.770. The van der Waals surface area contributed by atoms with Crippen molar-refractivity contribution in [1.82, 2.24) is 9.80 Å². The van der Waals surface area contributed by atoms with E-state index < -0.39 is 0 Å². The first-order valence-corrected chi connectivity index (χ1v) is 8.71. The van der Waals surface area contributed by atoms with Gasteiger partial charge in [-0.1, -0.05) is 6.07 Å². The Kier molecular flexibility index (Phi) is 5.14. The van der Waals surface area contributed by atoms with Gasteiger partial charge in [-0.15, -0.1) is 11.3 Å². The van der Waals surface area contributed by atoms with E-state index in [1.807, 2.05) is 22.4 Å². The van der Waals surface area contributed by atoms with E-state index in [1.165, 1.54) is 0 Å². The van der Waals surface area contributed by atoms with Crippen LogP contribution < -0.4 is 4.74 Å². The maximum absolute atomic E-state index is 12.6. The highest BCUT2D eigenvalue weighted by Gasteiger charge is 2.27. The first-order chi connectivity index (χ1) is 11.7. The first kappa shape index (κ1) is 16.5. The molecule has 0 radical (unpaired) electrons. The van der Waals surface area contributed by atoms with Gasteiger partial charge in [0.2, 0.25) is 0 Å². The standard InChI is InChI=1S/C18H19N3O2S/c1-23-15-6-4-14(5-7-15)18(22)21-10-8-20(9-11-21)16(13-19)17-3-2-12-24-17/h2-7,12,16H,8-11H2,1H3. The lowest BCUT2D eigenvalue weighted by Gasteiger charge is -2.36. The molecule has 0 spiro atoms. The molecule has 24 heavy (non-hydrogen) atoms. The summed E-state index contributed by atoms with van der Waals surface area (Å²) in [6, 6.07) is 13.3. The number of hydrogen-bond donors (Lipinski definition) is 0. The van der Waals surface area contributed by atoms with Crippen molar-refractivity contribution in [3.63, 3.8) is 0 Å². The van der Waals surface area contributed by atoms with Crippen molar-refractivity contribution in [2.75, 3.05) is 33.3 Å². The fourth-order valence-corrected chi connectivity index (χ4v) is 3.67. The van der Waals surface area contributed by atoms with Gasteiger partial charge < -0.3 is 9.64 Å². The molecule has 2 aromatic rings. The first-order valence-electron chi connectivity index (χ1n) is 7.83. The molecule has 0 aliphatic carbocycles. The van der Waals surface area contributed by atoms with Crippen molar-refractivity contribution in [3.8, 4) is 11.8 Å². The van der Waals surface area contributed by atoms with E-state index in [0.717, 1.165) is 10.6 Å². The van der Waals surface area contributed by atoms with E-state index >= 15 is 0 Å². The average molecular weight is 341 g/mol. The number of thiophene rings is 1. The zero-order valence-electron chi connectivity index (χ0n) is 13.5. The highest BCUT2D eigenvalue weighted by atomic mass is 32.1. The third-order valence-electron chi connectivity index (χ3n) is 4.24. The zero-order chi connectivity index (χ0) is 16.9. The summed E-state index contributed by atoms with van der Waals surface area (Å²) in [6.45, 7) is 2.68. The van der Waals surface area contributed by atoms with Crippen molar-refractivity contribution >= 4 is 17.2 Å². The molecule has 0 bridgehead atoms. The highest BCUT2D eigenvalue weighted by molar-refractivity contribution is 7.10. The van der Waals surface area contributed by atoms with E-state index in [1.54, 1.807) is 42.7 Å². The van der Waals surface area contributed by atoms with Crippen LogP contribution in [0.3, 0.4) is 0 Å². The molecule has 5 nitrogen and oxygen atoms in total. The van der Waals surface area contributed by atoms with Crippen LogP contribution in [-0.2, 0) is 0 Å². The molecule has 0 N–H and O–H groups in total. The summed E-state index contributed by atoms with van der Waals surface area (Å²) in [5, 5.41) is 11.5. The topological polar surface area (TPSA) is 56.6 Å². The lowest BCUT2D eigenvalue weighted by molar-refractivity contribution is 0.0608. The van der Waals surface area contributed by atoms with Gasteiger partial charge >= 0.3 is 0 Å². The van der Waals surface area contributed by atoms with E-state index in [4.69, 9.17) is 4.74 Å². The zero-order valence-corrected chi connectivity index (χ0v) is 14.3. The number of nitrogens with zero attached hydrogens (tertiary/aromatic N) is 3. The molecule has 1 atom stereocenters. The molecular formula is C18H19N3O2S. The third-order valence-corrected chi connectivity index (χ3v) is 5.16. The Bertz CT molecular complexity index is 714. The second-order valence-electron chi connectivity index (χ2n) is 5.60. The molecule has 1 aliphatic rings. The van der Waals surface area contributed by atoms with Gasteiger partial charge in [-0.25, -0.2) is 0 Å². The summed E-state index contributed by atoms with van der Waals surface area (Å²) in [6.07, 6.45) is 0. The number of carbonyl (C=O) groups is 1. The average Bonchev–Trinajstić information content (AvgIpc) is 3.17. The number of rotatable bonds is 4. The minimum atomic E-state index is -0.219. The molecular weight excluding hydrogens is 322 g/mol. The Morgan fingerprint density at radius 3 is 2.46 bits per heavy atom. The number of benzene rings is 1. The Labute approximate surface area is 145 Å². The molecule has 0 saturated carbocycles. The molecule has 1 fully saturated rings. The minimum Gasteiger partial charge on any atom is -0.497 e. The van der Waals surface area contributed by atoms with Gasteiger partial charge in [-0.05, 0) is 35.7 Å². The maximum Gasteiger partial charge on any atom is 0.253 e. The second-order valence-corrected chi connectivity index (χ2v) is 6.58. The summed E-state index contributed by atoms with van der Waals surface area (Å²) >= 11 is 1.60. The number of methoxy groups -OCH3 is 1. The smallest absolute Gasteiger partial charge is 0.253 e. The lowest BCUT2D eigenvalue weighted by Crippen LogP contribution is -2.49. The lowest BCUT2D eigenvalue weighted by atomic mass is 10.1. The molecule has 3 rings (SSSR count). The van der Waals surface area contributed by atoms with Crippen molar-refractivity contribution in [3.05, 3.63) is 52.2 Å². The Balaban J connectivity index is 1.62. The summed E-state index contributed by atoms with van der Waals surface area (Å²) in [5.41, 5.74) is 0.666. The predicted molar refractivity (Wildman–Crippen MR) is 93.1 cm³/mol. The normalized spacial score (nSPS) is 16.4. The Morgan fingerprint density at radius 2 is 1.92 bits per heavy atom. The van der Waals surface area contributed by atoms with Crippen molar-refractivity contribution in [2.45, 2.75) is 6.04 Å². The maximum atomic E-state index is 12.6. The van der Waals surface area contributed by atoms with E-state index in [9.17, 15) is 10.1 Å². The molecule has 2 heterocycles. The van der Waals surface area contributed by atoms with Crippen molar-refractivity contribution in [1.29, 1.82) is 5.26 Å². The van der Waals surface area contributed by atoms with Crippen LogP contribution >= 0.6 is 11.3 Å². The number of amides is 1. The van der Waals surface area contributed by atoms with Crippen LogP contribution in [0.1, 0.15) is 21.3 Å². The number of nitriles is 1. The van der Waals surface area contributed by atoms with Crippen molar-refractivity contribution in [2.24, 2.45) is 0 Å². The molecule has 1 amide bonds. The monoisotopic (exact) mass is 341 g/mol. The van der Waals surface area contributed by atoms with E-state index in [-0.39, 0.29) is 11.9 Å². The van der Waals surface area contributed by atoms with Gasteiger partial charge in [-0.3, -0.25) is 9.69 Å². The summed E-state index contributed by atoms with van der Waals surface area (Å²) in [7, 11) is 1.61. The van der Waals surface area contributed by atoms with Crippen LogP contribution in [0.15, 0.2) is 41.8 Å². The number of ether oxygens (including phenoxy) is 1. The van der Waals surface area contributed by atoms with Gasteiger partial charge in [0.1, 0.15) is 11.8 Å². The number of hydrogen-bond acceptors (Lipinski definition) is 5. The van der Waals surface area contributed by atoms with Crippen LogP contribution in [0.4, 0.5) is 0 Å². The van der Waals surface area contributed by atoms with Gasteiger partial charge in [0.05, 0.1) is 13.2 Å². The van der Waals surface area contributed by atoms with Gasteiger partial charge in [0, 0.05) is 36.6 Å². The van der Waals surface area contributed by atoms with Gasteiger partial charge in [0.25, 0.3) is 5.91 Å². The molecule has 1 unspecified atom stereocenters. The van der Waals surface area contributed by atoms with Crippen molar-refractivity contribution < 1.29 is 9.53 Å². The molecule has 124 valence electrons. The van der Waals surface area contributed by atoms with Gasteiger partial charge in [-0.2, -0.15) is 5.26 Å². The molecule has 1 aromatic heterocycles. The fourth-order valence-electron chi connectivity index (χ4n) is 2.87. The summed E-state index contributed by atoms with van der Waals surface area (Å²) < 4.78 is 5.12. The minimum absolute atomic E-state index is 0.0296. The molecule has 6 heteroatoms. The van der Waals surface area contributed by atoms with Gasteiger partial charge in [0.15, 0.2) is 0 Å². The Morgan fingerprint density at radius 1 is 1.21 bits per heavy atom. The number of piperazine rings is 1. The summed E-state index contributed by atoms with van der Waals surface area (Å²) in [4.78, 5) is 17.6. The SMILES string of the molecule is COc1ccc(C(=O)N2CCN(C(C#N)c3cccs3)CC2)cc1. The largest absolute Gasteiger partial charge is 0.497 e. The van der Waals surface area contributed by atoms with Crippen LogP contribution in [0.25, 0.3) is 0 Å². The predicted octanol–water partition coefficient (Wildman–Crippen LogP) is 2.78. The van der Waals surface area contributed by atoms with E-state index in [0.29, 0.717) is 31.7 Å². The number of carbonyl (C=O) groups excluding carboxylic acids is 1. The highest BCUT2D eigenvalue weighted by Crippen LogP contribution is 2.25. The molecule has 1 aliphatic heterocycles. The van der Waals surface area contributed by atoms with E-state index in [2.05, 4.69) is 11.0 Å². The second kappa shape index (κ2) is 7.47. The quantitative estimate of drug-likeness (QED) is 0.858. The third kappa shape index (κ3) is 3.42. The molecule has 1 aromatic carbocycles. The fraction of sp³-hybridized carbons (Fsp3) is 0.333. The van der Waals surface area contributed by atoms with Crippen LogP contribution in [0, 0.1) is 11.3 Å².